The number of benzene rings is 3. The Morgan fingerprint density at radius 3 is 2.16 bits per heavy atom. The van der Waals surface area contributed by atoms with Crippen LogP contribution in [0.2, 0.25) is 0 Å². The maximum Gasteiger partial charge on any atom is 0.335 e. The van der Waals surface area contributed by atoms with E-state index in [0.717, 1.165) is 33.6 Å². The van der Waals surface area contributed by atoms with Crippen LogP contribution in [0.4, 0.5) is 11.4 Å². The van der Waals surface area contributed by atoms with Crippen molar-refractivity contribution in [2.45, 2.75) is 32.1 Å². The van der Waals surface area contributed by atoms with Crippen molar-refractivity contribution in [3.63, 3.8) is 0 Å². The summed E-state index contributed by atoms with van der Waals surface area (Å²) in [7, 11) is 0. The molecule has 32 heavy (non-hydrogen) atoms. The molecule has 7 nitrogen and oxygen atoms in total. The van der Waals surface area contributed by atoms with Crippen molar-refractivity contribution in [3.05, 3.63) is 66.2 Å². The smallest absolute Gasteiger partial charge is 0.335 e. The predicted molar refractivity (Wildman–Crippen MR) is 131 cm³/mol. The minimum atomic E-state index is -0.961. The lowest BCUT2D eigenvalue weighted by Gasteiger charge is -2.25. The van der Waals surface area contributed by atoms with Crippen LogP contribution < -0.4 is 10.0 Å². The molecule has 1 aromatic heterocycles. The second-order valence-corrected chi connectivity index (χ2v) is 7.51. The van der Waals surface area contributed by atoms with Gasteiger partial charge in [-0.05, 0) is 55.3 Å². The number of nitrogens with two attached hydrogens (primary N) is 1. The highest BCUT2D eigenvalue weighted by Gasteiger charge is 2.17. The third-order valence-electron chi connectivity index (χ3n) is 4.60. The molecule has 8 heteroatoms. The number of aromatic carboxylic acids is 1. The summed E-state index contributed by atoms with van der Waals surface area (Å²) < 4.78 is 5.99. The minimum Gasteiger partial charge on any atom is -0.478 e. The molecule has 5 N–H and O–H groups in total. The van der Waals surface area contributed by atoms with Crippen molar-refractivity contribution in [1.29, 1.82) is 0 Å². The van der Waals surface area contributed by atoms with Crippen LogP contribution in [0.25, 0.3) is 21.9 Å². The maximum atomic E-state index is 11.3. The first-order valence-electron chi connectivity index (χ1n) is 10.2. The molecule has 0 aliphatic heterocycles. The van der Waals surface area contributed by atoms with Gasteiger partial charge in [0, 0.05) is 34.0 Å². The summed E-state index contributed by atoms with van der Waals surface area (Å²) in [6.45, 7) is 7.10. The molecule has 3 aromatic carbocycles. The van der Waals surface area contributed by atoms with Crippen LogP contribution in [0.15, 0.2) is 70.0 Å². The third-order valence-corrected chi connectivity index (χ3v) is 5.18. The van der Waals surface area contributed by atoms with Crippen LogP contribution in [0.3, 0.4) is 0 Å². The molecule has 0 spiro atoms. The van der Waals surface area contributed by atoms with Gasteiger partial charge < -0.3 is 14.4 Å². The molecule has 4 aromatic rings. The summed E-state index contributed by atoms with van der Waals surface area (Å²) >= 11 is 1.17. The fourth-order valence-electron chi connectivity index (χ4n) is 3.33. The normalized spacial score (nSPS) is 10.2. The Morgan fingerprint density at radius 2 is 1.59 bits per heavy atom. The lowest BCUT2D eigenvalue weighted by molar-refractivity contribution is -0.176. The molecular formula is C24H28N2O5S. The van der Waals surface area contributed by atoms with Crippen LogP contribution >= 0.6 is 11.9 Å². The van der Waals surface area contributed by atoms with Crippen LogP contribution in [-0.4, -0.2) is 28.1 Å². The van der Waals surface area contributed by atoms with Gasteiger partial charge >= 0.3 is 5.97 Å². The number of hydrogen-bond acceptors (Lipinski definition) is 7. The number of fused-ring (bicyclic) bond motifs is 3. The maximum absolute atomic E-state index is 11.3. The van der Waals surface area contributed by atoms with Crippen LogP contribution in [0, 0.1) is 0 Å². The van der Waals surface area contributed by atoms with Crippen molar-refractivity contribution < 1.29 is 24.8 Å². The number of anilines is 2. The van der Waals surface area contributed by atoms with E-state index in [2.05, 4.69) is 37.8 Å². The third kappa shape index (κ3) is 5.41. The van der Waals surface area contributed by atoms with E-state index in [0.29, 0.717) is 11.2 Å². The number of nitrogens with zero attached hydrogens (tertiary/aromatic N) is 1. The Bertz CT molecular complexity index is 1160. The highest BCUT2D eigenvalue weighted by Crippen LogP contribution is 2.39. The van der Waals surface area contributed by atoms with Gasteiger partial charge in [0.05, 0.1) is 11.3 Å². The summed E-state index contributed by atoms with van der Waals surface area (Å²) in [6.07, 6.45) is 1.25. The average Bonchev–Trinajstić information content (AvgIpc) is 3.18. The predicted octanol–water partition coefficient (Wildman–Crippen LogP) is 6.84. The number of carboxylic acid groups (broad SMARTS) is 1. The van der Waals surface area contributed by atoms with Gasteiger partial charge in [-0.25, -0.2) is 4.79 Å². The molecule has 0 aliphatic rings. The van der Waals surface area contributed by atoms with Crippen LogP contribution in [0.5, 0.6) is 0 Å². The zero-order valence-electron chi connectivity index (χ0n) is 18.3. The Kier molecular flexibility index (Phi) is 9.55. The number of carbonyl (C=O) groups is 1. The van der Waals surface area contributed by atoms with Crippen molar-refractivity contribution in [3.8, 4) is 0 Å². The number of rotatable bonds is 5. The first kappa shape index (κ1) is 25.2. The van der Waals surface area contributed by atoms with Crippen molar-refractivity contribution >= 4 is 51.2 Å². The fourth-order valence-corrected chi connectivity index (χ4v) is 3.81. The van der Waals surface area contributed by atoms with Gasteiger partial charge in [0.2, 0.25) is 0 Å². The average molecular weight is 457 g/mol. The Morgan fingerprint density at radius 1 is 0.969 bits per heavy atom. The zero-order valence-corrected chi connectivity index (χ0v) is 19.1. The Labute approximate surface area is 191 Å². The van der Waals surface area contributed by atoms with E-state index in [4.69, 9.17) is 20.1 Å². The molecule has 170 valence electrons. The van der Waals surface area contributed by atoms with Crippen LogP contribution in [-0.2, 0) is 0 Å². The molecule has 0 unspecified atom stereocenters. The summed E-state index contributed by atoms with van der Waals surface area (Å²) in [5.41, 5.74) is 3.62. The molecule has 0 fully saturated rings. The quantitative estimate of drug-likeness (QED) is 0.146. The lowest BCUT2D eigenvalue weighted by atomic mass is 10.1. The summed E-state index contributed by atoms with van der Waals surface area (Å²) in [6, 6.07) is 18.9. The molecule has 1 heterocycles. The number of furan rings is 1. The summed E-state index contributed by atoms with van der Waals surface area (Å²) in [5, 5.41) is 28.9. The van der Waals surface area contributed by atoms with Gasteiger partial charge in [0.1, 0.15) is 11.2 Å². The first-order valence-corrected chi connectivity index (χ1v) is 11.0. The van der Waals surface area contributed by atoms with Gasteiger partial charge in [-0.2, -0.15) is 0 Å². The van der Waals surface area contributed by atoms with Crippen LogP contribution in [0.1, 0.15) is 37.6 Å². The van der Waals surface area contributed by atoms with Gasteiger partial charge in [0.25, 0.3) is 0 Å². The van der Waals surface area contributed by atoms with Gasteiger partial charge in [-0.3, -0.25) is 15.7 Å². The molecule has 0 saturated heterocycles. The van der Waals surface area contributed by atoms with E-state index in [1.165, 1.54) is 18.4 Å². The standard InChI is InChI=1S/C21H18N2O3S.C3H8.H2O2/c1-2-23(14-6-4-3-5-7-14)17-12-19-16(11-20(17)27-22)15-10-13(21(24)25)8-9-18(15)26-19;1-3-2;1-2/h3-12H,2,22H2,1H3,(H,24,25);3H2,1-2H3;1-2H. The lowest BCUT2D eigenvalue weighted by Crippen LogP contribution is -2.16. The van der Waals surface area contributed by atoms with E-state index in [1.807, 2.05) is 30.3 Å². The molecule has 0 bridgehead atoms. The topological polar surface area (TPSA) is 120 Å². The zero-order chi connectivity index (χ0) is 23.7. The SMILES string of the molecule is CCC.CCN(c1ccccc1)c1cc2oc3ccc(C(=O)O)cc3c2cc1SN.OO. The monoisotopic (exact) mass is 456 g/mol. The van der Waals surface area contributed by atoms with Crippen molar-refractivity contribution in [2.75, 3.05) is 11.4 Å². The number of carboxylic acids is 1. The van der Waals surface area contributed by atoms with Crippen molar-refractivity contribution in [2.24, 2.45) is 5.14 Å². The highest BCUT2D eigenvalue weighted by atomic mass is 32.2. The van der Waals surface area contributed by atoms with Crippen molar-refractivity contribution in [1.82, 2.24) is 0 Å². The largest absolute Gasteiger partial charge is 0.478 e. The van der Waals surface area contributed by atoms with E-state index >= 15 is 0 Å². The second kappa shape index (κ2) is 12.1. The summed E-state index contributed by atoms with van der Waals surface area (Å²) in [4.78, 5) is 14.4. The van der Waals surface area contributed by atoms with E-state index < -0.39 is 5.97 Å². The molecule has 0 aliphatic carbocycles. The summed E-state index contributed by atoms with van der Waals surface area (Å²) in [5.74, 6) is -0.961. The molecule has 0 atom stereocenters. The Hall–Kier alpha value is -3.04. The molecule has 0 radical (unpaired) electrons. The molecule has 0 saturated carbocycles. The van der Waals surface area contributed by atoms with E-state index in [9.17, 15) is 9.90 Å². The van der Waals surface area contributed by atoms with Gasteiger partial charge in [-0.1, -0.05) is 38.5 Å². The molecule has 0 amide bonds. The molecular weight excluding hydrogens is 428 g/mol. The minimum absolute atomic E-state index is 0.232. The highest BCUT2D eigenvalue weighted by molar-refractivity contribution is 7.97. The fraction of sp³-hybridized carbons (Fsp3) is 0.208. The van der Waals surface area contributed by atoms with E-state index in [1.54, 1.807) is 18.2 Å². The first-order chi connectivity index (χ1) is 15.5. The second-order valence-electron chi connectivity index (χ2n) is 6.84. The number of para-hydroxylation sites is 1. The van der Waals surface area contributed by atoms with Gasteiger partial charge in [-0.15, -0.1) is 0 Å². The number of hydrogen-bond donors (Lipinski definition) is 4. The molecule has 4 rings (SSSR count). The van der Waals surface area contributed by atoms with Gasteiger partial charge in [0.15, 0.2) is 0 Å². The van der Waals surface area contributed by atoms with E-state index in [-0.39, 0.29) is 5.56 Å². The Balaban J connectivity index is 0.000000671.